The van der Waals surface area contributed by atoms with Crippen molar-refractivity contribution in [3.05, 3.63) is 51.3 Å². The van der Waals surface area contributed by atoms with E-state index in [-0.39, 0.29) is 12.0 Å². The first kappa shape index (κ1) is 13.0. The molecule has 0 aliphatic carbocycles. The summed E-state index contributed by atoms with van der Waals surface area (Å²) in [5.74, 6) is 0. The van der Waals surface area contributed by atoms with Crippen LogP contribution in [-0.4, -0.2) is 9.78 Å². The van der Waals surface area contributed by atoms with Crippen molar-refractivity contribution in [1.82, 2.24) is 9.78 Å². The smallest absolute Gasteiger partial charge is 0.267 e. The largest absolute Gasteiger partial charge is 0.270 e. The number of rotatable bonds is 2. The molecule has 0 aliphatic rings. The fourth-order valence-corrected chi connectivity index (χ4v) is 1.92. The molecule has 19 heavy (non-hydrogen) atoms. The second-order valence-corrected chi connectivity index (χ2v) is 4.62. The Kier molecular flexibility index (Phi) is 3.48. The van der Waals surface area contributed by atoms with Gasteiger partial charge in [0.1, 0.15) is 0 Å². The van der Waals surface area contributed by atoms with Crippen molar-refractivity contribution in [1.29, 1.82) is 5.26 Å². The standard InChI is InChI=1S/C15H15N3O/c1-10-4-5-12(8-11(10)2)14-9-13(6-7-16)15(19)18(3)17-14/h4-5,8-9H,6H2,1-3H3. The minimum absolute atomic E-state index is 0.104. The summed E-state index contributed by atoms with van der Waals surface area (Å²) < 4.78 is 1.29. The van der Waals surface area contributed by atoms with Gasteiger partial charge in [-0.2, -0.15) is 10.4 Å². The fraction of sp³-hybridized carbons (Fsp3) is 0.267. The number of aromatic nitrogens is 2. The van der Waals surface area contributed by atoms with Gasteiger partial charge in [-0.3, -0.25) is 4.79 Å². The number of nitrogens with zero attached hydrogens (tertiary/aromatic N) is 3. The van der Waals surface area contributed by atoms with Gasteiger partial charge in [-0.05, 0) is 37.1 Å². The van der Waals surface area contributed by atoms with Crippen LogP contribution in [0.5, 0.6) is 0 Å². The third-order valence-electron chi connectivity index (χ3n) is 3.21. The molecule has 0 saturated carbocycles. The van der Waals surface area contributed by atoms with Crippen molar-refractivity contribution in [2.24, 2.45) is 7.05 Å². The molecular formula is C15H15N3O. The monoisotopic (exact) mass is 253 g/mol. The van der Waals surface area contributed by atoms with Gasteiger partial charge in [-0.25, -0.2) is 4.68 Å². The lowest BCUT2D eigenvalue weighted by Crippen LogP contribution is -2.23. The van der Waals surface area contributed by atoms with Crippen LogP contribution in [0.4, 0.5) is 0 Å². The Morgan fingerprint density at radius 1 is 1.26 bits per heavy atom. The van der Waals surface area contributed by atoms with Crippen LogP contribution in [0.15, 0.2) is 29.1 Å². The molecule has 0 bridgehead atoms. The average molecular weight is 253 g/mol. The first-order valence-electron chi connectivity index (χ1n) is 6.04. The van der Waals surface area contributed by atoms with E-state index in [9.17, 15) is 4.79 Å². The molecule has 0 amide bonds. The van der Waals surface area contributed by atoms with Crippen LogP contribution in [0.2, 0.25) is 0 Å². The number of nitriles is 1. The minimum atomic E-state index is -0.214. The number of hydrogen-bond donors (Lipinski definition) is 0. The molecule has 0 N–H and O–H groups in total. The van der Waals surface area contributed by atoms with Gasteiger partial charge in [-0.1, -0.05) is 12.1 Å². The third kappa shape index (κ3) is 2.55. The van der Waals surface area contributed by atoms with E-state index in [0.29, 0.717) is 5.56 Å². The van der Waals surface area contributed by atoms with E-state index in [1.807, 2.05) is 38.1 Å². The molecule has 96 valence electrons. The Hall–Kier alpha value is -2.41. The molecule has 0 atom stereocenters. The summed E-state index contributed by atoms with van der Waals surface area (Å²) in [6.45, 7) is 4.09. The third-order valence-corrected chi connectivity index (χ3v) is 3.21. The van der Waals surface area contributed by atoms with E-state index in [2.05, 4.69) is 5.10 Å². The Bertz CT molecular complexity index is 723. The molecule has 0 fully saturated rings. The van der Waals surface area contributed by atoms with Gasteiger partial charge >= 0.3 is 0 Å². The molecule has 2 rings (SSSR count). The quantitative estimate of drug-likeness (QED) is 0.823. The van der Waals surface area contributed by atoms with Gasteiger partial charge in [0.25, 0.3) is 5.56 Å². The first-order valence-corrected chi connectivity index (χ1v) is 6.04. The lowest BCUT2D eigenvalue weighted by molar-refractivity contribution is 0.702. The molecule has 1 heterocycles. The van der Waals surface area contributed by atoms with Crippen molar-refractivity contribution in [3.63, 3.8) is 0 Å². The van der Waals surface area contributed by atoms with Crippen LogP contribution < -0.4 is 5.56 Å². The summed E-state index contributed by atoms with van der Waals surface area (Å²) in [5.41, 5.74) is 4.33. The highest BCUT2D eigenvalue weighted by atomic mass is 16.1. The number of benzene rings is 1. The summed E-state index contributed by atoms with van der Waals surface area (Å²) in [6, 6.07) is 9.76. The molecule has 1 aromatic carbocycles. The van der Waals surface area contributed by atoms with Crippen LogP contribution in [0.3, 0.4) is 0 Å². The van der Waals surface area contributed by atoms with Crippen molar-refractivity contribution < 1.29 is 0 Å². The second kappa shape index (κ2) is 5.07. The fourth-order valence-electron chi connectivity index (χ4n) is 1.92. The molecule has 1 aromatic heterocycles. The highest BCUT2D eigenvalue weighted by Crippen LogP contribution is 2.20. The Morgan fingerprint density at radius 3 is 2.63 bits per heavy atom. The van der Waals surface area contributed by atoms with E-state index in [0.717, 1.165) is 11.3 Å². The zero-order valence-electron chi connectivity index (χ0n) is 11.3. The zero-order valence-corrected chi connectivity index (χ0v) is 11.3. The van der Waals surface area contributed by atoms with Gasteiger partial charge < -0.3 is 0 Å². The predicted molar refractivity (Wildman–Crippen MR) is 73.7 cm³/mol. The summed E-state index contributed by atoms with van der Waals surface area (Å²) in [6.07, 6.45) is 0.104. The molecule has 0 spiro atoms. The number of hydrogen-bond acceptors (Lipinski definition) is 3. The maximum Gasteiger partial charge on any atom is 0.270 e. The Morgan fingerprint density at radius 2 is 2.00 bits per heavy atom. The highest BCUT2D eigenvalue weighted by molar-refractivity contribution is 5.61. The van der Waals surface area contributed by atoms with Crippen molar-refractivity contribution in [2.75, 3.05) is 0 Å². The topological polar surface area (TPSA) is 58.7 Å². The number of aryl methyl sites for hydroxylation is 3. The minimum Gasteiger partial charge on any atom is -0.267 e. The molecule has 4 nitrogen and oxygen atoms in total. The van der Waals surface area contributed by atoms with E-state index < -0.39 is 0 Å². The maximum atomic E-state index is 11.8. The molecule has 0 unspecified atom stereocenters. The molecule has 0 aliphatic heterocycles. The normalized spacial score (nSPS) is 10.2. The zero-order chi connectivity index (χ0) is 14.0. The molecule has 0 radical (unpaired) electrons. The lowest BCUT2D eigenvalue weighted by atomic mass is 10.0. The summed E-state index contributed by atoms with van der Waals surface area (Å²) in [7, 11) is 1.60. The van der Waals surface area contributed by atoms with E-state index in [1.54, 1.807) is 13.1 Å². The van der Waals surface area contributed by atoms with E-state index in [4.69, 9.17) is 5.26 Å². The highest BCUT2D eigenvalue weighted by Gasteiger charge is 2.08. The Balaban J connectivity index is 2.59. The van der Waals surface area contributed by atoms with Crippen LogP contribution in [0.1, 0.15) is 16.7 Å². The van der Waals surface area contributed by atoms with Crippen molar-refractivity contribution in [3.8, 4) is 17.3 Å². The van der Waals surface area contributed by atoms with Gasteiger partial charge in [-0.15, -0.1) is 0 Å². The molecule has 2 aromatic rings. The summed E-state index contributed by atoms with van der Waals surface area (Å²) in [4.78, 5) is 11.8. The van der Waals surface area contributed by atoms with Gasteiger partial charge in [0.05, 0.1) is 18.2 Å². The van der Waals surface area contributed by atoms with E-state index >= 15 is 0 Å². The molecule has 0 saturated heterocycles. The summed E-state index contributed by atoms with van der Waals surface area (Å²) in [5, 5.41) is 13.0. The van der Waals surface area contributed by atoms with Crippen LogP contribution in [-0.2, 0) is 13.5 Å². The van der Waals surface area contributed by atoms with Gasteiger partial charge in [0.2, 0.25) is 0 Å². The lowest BCUT2D eigenvalue weighted by Gasteiger charge is -2.07. The SMILES string of the molecule is Cc1ccc(-c2cc(CC#N)c(=O)n(C)n2)cc1C. The van der Waals surface area contributed by atoms with E-state index in [1.165, 1.54) is 15.8 Å². The molecular weight excluding hydrogens is 238 g/mol. The summed E-state index contributed by atoms with van der Waals surface area (Å²) >= 11 is 0. The van der Waals surface area contributed by atoms with Gasteiger partial charge in [0, 0.05) is 18.2 Å². The van der Waals surface area contributed by atoms with Gasteiger partial charge in [0.15, 0.2) is 0 Å². The Labute approximate surface area is 111 Å². The molecule has 4 heteroatoms. The van der Waals surface area contributed by atoms with Crippen LogP contribution in [0, 0.1) is 25.2 Å². The van der Waals surface area contributed by atoms with Crippen molar-refractivity contribution >= 4 is 0 Å². The predicted octanol–water partition coefficient (Wildman–Crippen LogP) is 2.13. The average Bonchev–Trinajstić information content (AvgIpc) is 2.38. The maximum absolute atomic E-state index is 11.8. The first-order chi connectivity index (χ1) is 9.02. The van der Waals surface area contributed by atoms with Crippen molar-refractivity contribution in [2.45, 2.75) is 20.3 Å². The van der Waals surface area contributed by atoms with Crippen LogP contribution in [0.25, 0.3) is 11.3 Å². The van der Waals surface area contributed by atoms with Crippen LogP contribution >= 0.6 is 0 Å². The second-order valence-electron chi connectivity index (χ2n) is 4.62.